The Morgan fingerprint density at radius 1 is 0.969 bits per heavy atom. The lowest BCUT2D eigenvalue weighted by Gasteiger charge is -2.36. The van der Waals surface area contributed by atoms with Gasteiger partial charge in [-0.15, -0.1) is 0 Å². The van der Waals surface area contributed by atoms with Gasteiger partial charge in [0, 0.05) is 43.0 Å². The van der Waals surface area contributed by atoms with Crippen molar-refractivity contribution in [3.05, 3.63) is 81.8 Å². The number of piperidine rings is 1. The number of H-pyrrole nitrogens is 1. The summed E-state index contributed by atoms with van der Waals surface area (Å²) in [7, 11) is 0. The Hall–Kier alpha value is -2.96. The highest BCUT2D eigenvalue weighted by Crippen LogP contribution is 2.24. The molecule has 1 aromatic heterocycles. The Bertz CT molecular complexity index is 1100. The molecule has 6 heteroatoms. The summed E-state index contributed by atoms with van der Waals surface area (Å²) in [5.74, 6) is 1.34. The Balaban J connectivity index is 1.20. The maximum atomic E-state index is 12.7. The van der Waals surface area contributed by atoms with Gasteiger partial charge in [0.1, 0.15) is 5.82 Å². The third-order valence-electron chi connectivity index (χ3n) is 6.81. The van der Waals surface area contributed by atoms with Crippen LogP contribution in [0.2, 0.25) is 0 Å². The van der Waals surface area contributed by atoms with Gasteiger partial charge >= 0.3 is 0 Å². The summed E-state index contributed by atoms with van der Waals surface area (Å²) in [6.45, 7) is 6.14. The van der Waals surface area contributed by atoms with Gasteiger partial charge in [0.2, 0.25) is 0 Å². The van der Waals surface area contributed by atoms with Crippen molar-refractivity contribution in [3.63, 3.8) is 0 Å². The smallest absolute Gasteiger partial charge is 0.254 e. The summed E-state index contributed by atoms with van der Waals surface area (Å²) in [6.07, 6.45) is 3.23. The van der Waals surface area contributed by atoms with Crippen LogP contribution < -0.4 is 11.3 Å². The van der Waals surface area contributed by atoms with Gasteiger partial charge < -0.3 is 10.7 Å². The van der Waals surface area contributed by atoms with Gasteiger partial charge in [0.05, 0.1) is 5.69 Å². The number of aromatic nitrogens is 2. The van der Waals surface area contributed by atoms with Gasteiger partial charge in [0.25, 0.3) is 5.56 Å². The van der Waals surface area contributed by atoms with Crippen LogP contribution in [-0.4, -0.2) is 45.9 Å². The Labute approximate surface area is 189 Å². The molecule has 3 N–H and O–H groups in total. The topological polar surface area (TPSA) is 78.2 Å². The molecule has 0 saturated carbocycles. The zero-order valence-electron chi connectivity index (χ0n) is 18.5. The first-order valence-corrected chi connectivity index (χ1v) is 11.6. The maximum Gasteiger partial charge on any atom is 0.254 e. The van der Waals surface area contributed by atoms with Crippen LogP contribution in [0.3, 0.4) is 0 Å². The highest BCUT2D eigenvalue weighted by molar-refractivity contribution is 5.58. The highest BCUT2D eigenvalue weighted by atomic mass is 16.1. The van der Waals surface area contributed by atoms with Crippen molar-refractivity contribution in [3.8, 4) is 11.4 Å². The Morgan fingerprint density at radius 2 is 1.72 bits per heavy atom. The number of fused-ring (bicyclic) bond motifs is 1. The van der Waals surface area contributed by atoms with E-state index in [2.05, 4.69) is 45.1 Å². The monoisotopic (exact) mass is 429 g/mol. The number of nitrogens with two attached hydrogens (primary N) is 1. The van der Waals surface area contributed by atoms with Crippen molar-refractivity contribution in [1.29, 1.82) is 0 Å². The Kier molecular flexibility index (Phi) is 6.06. The van der Waals surface area contributed by atoms with Crippen LogP contribution in [0.4, 0.5) is 5.69 Å². The number of likely N-dealkylation sites (tertiary alicyclic amines) is 1. The normalized spacial score (nSPS) is 17.9. The molecule has 0 unspecified atom stereocenters. The summed E-state index contributed by atoms with van der Waals surface area (Å²) in [5, 5.41) is 0. The number of hydrogen-bond acceptors (Lipinski definition) is 5. The zero-order chi connectivity index (χ0) is 21.9. The van der Waals surface area contributed by atoms with E-state index >= 15 is 0 Å². The third-order valence-corrected chi connectivity index (χ3v) is 6.81. The molecule has 0 amide bonds. The SMILES string of the molecule is Nc1ccc(-c2nc3c(c(=O)[nH]2)CCN(CC2CCN(Cc4ccccc4)CC2)C3)cc1. The summed E-state index contributed by atoms with van der Waals surface area (Å²) in [4.78, 5) is 25.5. The molecule has 6 nitrogen and oxygen atoms in total. The van der Waals surface area contributed by atoms with Gasteiger partial charge in [0.15, 0.2) is 0 Å². The minimum atomic E-state index is -0.00399. The van der Waals surface area contributed by atoms with Crippen molar-refractivity contribution in [2.75, 3.05) is 31.9 Å². The highest BCUT2D eigenvalue weighted by Gasteiger charge is 2.26. The standard InChI is InChI=1S/C26H31N5O/c27-22-8-6-21(7-9-22)25-28-24-18-31(15-12-23(24)26(32)29-25)17-20-10-13-30(14-11-20)16-19-4-2-1-3-5-19/h1-9,20H,10-18,27H2,(H,28,29,32). The molecule has 0 aliphatic carbocycles. The molecule has 2 aliphatic rings. The summed E-state index contributed by atoms with van der Waals surface area (Å²) in [5.41, 5.74) is 10.6. The second-order valence-electron chi connectivity index (χ2n) is 9.15. The molecule has 0 bridgehead atoms. The van der Waals surface area contributed by atoms with Crippen molar-refractivity contribution < 1.29 is 0 Å². The fraction of sp³-hybridized carbons (Fsp3) is 0.385. The van der Waals surface area contributed by atoms with Crippen molar-refractivity contribution in [2.45, 2.75) is 32.4 Å². The first-order chi connectivity index (χ1) is 15.6. The van der Waals surface area contributed by atoms with Crippen LogP contribution in [0.1, 0.15) is 29.7 Å². The van der Waals surface area contributed by atoms with E-state index < -0.39 is 0 Å². The molecular formula is C26H31N5O. The quantitative estimate of drug-likeness (QED) is 0.609. The first kappa shape index (κ1) is 20.9. The molecule has 32 heavy (non-hydrogen) atoms. The first-order valence-electron chi connectivity index (χ1n) is 11.6. The average Bonchev–Trinajstić information content (AvgIpc) is 2.81. The van der Waals surface area contributed by atoms with Crippen LogP contribution in [0.25, 0.3) is 11.4 Å². The van der Waals surface area contributed by atoms with E-state index in [0.717, 1.165) is 62.5 Å². The lowest BCUT2D eigenvalue weighted by Crippen LogP contribution is -2.41. The lowest BCUT2D eigenvalue weighted by atomic mass is 9.94. The number of hydrogen-bond donors (Lipinski definition) is 2. The predicted molar refractivity (Wildman–Crippen MR) is 128 cm³/mol. The molecule has 5 rings (SSSR count). The minimum absolute atomic E-state index is 0.00399. The summed E-state index contributed by atoms with van der Waals surface area (Å²) >= 11 is 0. The number of rotatable bonds is 5. The van der Waals surface area contributed by atoms with Crippen LogP contribution >= 0.6 is 0 Å². The van der Waals surface area contributed by atoms with Gasteiger partial charge in [-0.1, -0.05) is 30.3 Å². The van der Waals surface area contributed by atoms with Gasteiger partial charge in [-0.05, 0) is 68.1 Å². The summed E-state index contributed by atoms with van der Waals surface area (Å²) < 4.78 is 0. The fourth-order valence-corrected chi connectivity index (χ4v) is 4.96. The maximum absolute atomic E-state index is 12.7. The number of nitrogen functional groups attached to an aromatic ring is 1. The van der Waals surface area contributed by atoms with E-state index in [4.69, 9.17) is 10.7 Å². The van der Waals surface area contributed by atoms with Gasteiger partial charge in [-0.25, -0.2) is 4.98 Å². The molecule has 0 radical (unpaired) electrons. The van der Waals surface area contributed by atoms with E-state index in [1.807, 2.05) is 24.3 Å². The largest absolute Gasteiger partial charge is 0.399 e. The number of nitrogens with one attached hydrogen (secondary N) is 1. The third kappa shape index (κ3) is 4.76. The number of nitrogens with zero attached hydrogens (tertiary/aromatic N) is 3. The van der Waals surface area contributed by atoms with E-state index in [9.17, 15) is 4.79 Å². The van der Waals surface area contributed by atoms with Crippen LogP contribution in [-0.2, 0) is 19.5 Å². The van der Waals surface area contributed by atoms with Crippen LogP contribution in [0, 0.1) is 5.92 Å². The lowest BCUT2D eigenvalue weighted by molar-refractivity contribution is 0.131. The van der Waals surface area contributed by atoms with Crippen molar-refractivity contribution in [2.24, 2.45) is 5.92 Å². The summed E-state index contributed by atoms with van der Waals surface area (Å²) in [6, 6.07) is 18.2. The molecular weight excluding hydrogens is 398 g/mol. The molecule has 0 spiro atoms. The predicted octanol–water partition coefficient (Wildman–Crippen LogP) is 3.29. The fourth-order valence-electron chi connectivity index (χ4n) is 4.96. The molecule has 2 aromatic carbocycles. The van der Waals surface area contributed by atoms with Gasteiger partial charge in [-0.3, -0.25) is 14.6 Å². The number of benzene rings is 2. The molecule has 1 fully saturated rings. The van der Waals surface area contributed by atoms with Crippen molar-refractivity contribution >= 4 is 5.69 Å². The van der Waals surface area contributed by atoms with E-state index in [-0.39, 0.29) is 5.56 Å². The molecule has 0 atom stereocenters. The van der Waals surface area contributed by atoms with E-state index in [0.29, 0.717) is 17.4 Å². The molecule has 166 valence electrons. The van der Waals surface area contributed by atoms with Crippen LogP contribution in [0.5, 0.6) is 0 Å². The average molecular weight is 430 g/mol. The van der Waals surface area contributed by atoms with Crippen LogP contribution in [0.15, 0.2) is 59.4 Å². The zero-order valence-corrected chi connectivity index (χ0v) is 18.5. The number of anilines is 1. The van der Waals surface area contributed by atoms with Gasteiger partial charge in [-0.2, -0.15) is 0 Å². The second kappa shape index (κ2) is 9.27. The minimum Gasteiger partial charge on any atom is -0.399 e. The Morgan fingerprint density at radius 3 is 2.47 bits per heavy atom. The van der Waals surface area contributed by atoms with E-state index in [1.165, 1.54) is 18.4 Å². The molecule has 2 aliphatic heterocycles. The molecule has 1 saturated heterocycles. The molecule has 3 heterocycles. The molecule has 3 aromatic rings. The second-order valence-corrected chi connectivity index (χ2v) is 9.15. The van der Waals surface area contributed by atoms with Crippen molar-refractivity contribution in [1.82, 2.24) is 19.8 Å². The van der Waals surface area contributed by atoms with E-state index in [1.54, 1.807) is 0 Å². The number of aromatic amines is 1.